The third-order valence-corrected chi connectivity index (χ3v) is 8.74. The highest BCUT2D eigenvalue weighted by Gasteiger charge is 2.30. The highest BCUT2D eigenvalue weighted by molar-refractivity contribution is 7.89. The Morgan fingerprint density at radius 1 is 1.03 bits per heavy atom. The van der Waals surface area contributed by atoms with Crippen LogP contribution in [0.5, 0.6) is 0 Å². The molecule has 0 unspecified atom stereocenters. The minimum absolute atomic E-state index is 0.172. The van der Waals surface area contributed by atoms with Crippen molar-refractivity contribution in [2.45, 2.75) is 30.2 Å². The lowest BCUT2D eigenvalue weighted by molar-refractivity contribution is 0.0730. The molecule has 5 rings (SSSR count). The van der Waals surface area contributed by atoms with Crippen molar-refractivity contribution in [2.75, 3.05) is 37.7 Å². The Bertz CT molecular complexity index is 1090. The Morgan fingerprint density at radius 2 is 1.87 bits per heavy atom. The van der Waals surface area contributed by atoms with Gasteiger partial charge in [-0.1, -0.05) is 12.1 Å². The van der Waals surface area contributed by atoms with Crippen molar-refractivity contribution >= 4 is 37.4 Å². The Labute approximate surface area is 180 Å². The number of ether oxygens (including phenoxy) is 1. The summed E-state index contributed by atoms with van der Waals surface area (Å²) < 4.78 is 33.7. The minimum Gasteiger partial charge on any atom is -0.379 e. The van der Waals surface area contributed by atoms with Crippen molar-refractivity contribution < 1.29 is 13.2 Å². The van der Waals surface area contributed by atoms with E-state index < -0.39 is 10.0 Å². The van der Waals surface area contributed by atoms with E-state index in [0.29, 0.717) is 26.3 Å². The smallest absolute Gasteiger partial charge is 0.244 e. The van der Waals surface area contributed by atoms with E-state index in [4.69, 9.17) is 9.72 Å². The number of fused-ring (bicyclic) bond motifs is 1. The molecule has 2 aliphatic rings. The largest absolute Gasteiger partial charge is 0.379 e. The SMILES string of the molecule is O=S(=O)(c1ccc(N2CCCC[C@H]2c2nc3ccccc3s2)nc1)N1CCOCC1. The summed E-state index contributed by atoms with van der Waals surface area (Å²) in [7, 11) is -3.53. The molecule has 7 nitrogen and oxygen atoms in total. The minimum atomic E-state index is -3.53. The van der Waals surface area contributed by atoms with Crippen LogP contribution in [-0.2, 0) is 14.8 Å². The molecule has 2 saturated heterocycles. The first-order valence-electron chi connectivity index (χ1n) is 10.3. The fourth-order valence-electron chi connectivity index (χ4n) is 4.13. The zero-order chi connectivity index (χ0) is 20.6. The van der Waals surface area contributed by atoms with Crippen molar-refractivity contribution in [1.82, 2.24) is 14.3 Å². The number of anilines is 1. The van der Waals surface area contributed by atoms with Gasteiger partial charge in [0, 0.05) is 25.8 Å². The molecular formula is C21H24N4O3S2. The van der Waals surface area contributed by atoms with E-state index in [2.05, 4.69) is 16.0 Å². The molecule has 0 N–H and O–H groups in total. The number of sulfonamides is 1. The van der Waals surface area contributed by atoms with E-state index in [9.17, 15) is 8.42 Å². The van der Waals surface area contributed by atoms with Crippen LogP contribution in [0.3, 0.4) is 0 Å². The van der Waals surface area contributed by atoms with Crippen LogP contribution in [0, 0.1) is 0 Å². The number of hydrogen-bond acceptors (Lipinski definition) is 7. The summed E-state index contributed by atoms with van der Waals surface area (Å²) in [6.45, 7) is 2.53. The molecule has 9 heteroatoms. The Morgan fingerprint density at radius 3 is 2.63 bits per heavy atom. The predicted molar refractivity (Wildman–Crippen MR) is 117 cm³/mol. The molecule has 0 radical (unpaired) electrons. The number of piperidine rings is 1. The maximum absolute atomic E-state index is 12.9. The van der Waals surface area contributed by atoms with Gasteiger partial charge in [-0.25, -0.2) is 18.4 Å². The topological polar surface area (TPSA) is 75.6 Å². The van der Waals surface area contributed by atoms with E-state index in [-0.39, 0.29) is 10.9 Å². The van der Waals surface area contributed by atoms with Gasteiger partial charge in [0.2, 0.25) is 10.0 Å². The first-order valence-corrected chi connectivity index (χ1v) is 12.5. The zero-order valence-corrected chi connectivity index (χ0v) is 18.2. The summed E-state index contributed by atoms with van der Waals surface area (Å²) in [6.07, 6.45) is 4.76. The molecule has 1 aromatic carbocycles. The van der Waals surface area contributed by atoms with Crippen molar-refractivity contribution in [3.63, 3.8) is 0 Å². The molecular weight excluding hydrogens is 420 g/mol. The molecule has 1 atom stereocenters. The van der Waals surface area contributed by atoms with Crippen LogP contribution < -0.4 is 4.90 Å². The van der Waals surface area contributed by atoms with Crippen LogP contribution in [0.1, 0.15) is 30.3 Å². The lowest BCUT2D eigenvalue weighted by atomic mass is 10.0. The standard InChI is InChI=1S/C21H24N4O3S2/c26-30(27,24-11-13-28-14-12-24)16-8-9-20(22-15-16)25-10-4-3-6-18(25)21-23-17-5-1-2-7-19(17)29-21/h1-2,5,7-9,15,18H,3-4,6,10-14H2/t18-/m0/s1. The van der Waals surface area contributed by atoms with Crippen LogP contribution >= 0.6 is 11.3 Å². The van der Waals surface area contributed by atoms with Gasteiger partial charge in [0.15, 0.2) is 0 Å². The molecule has 2 aliphatic heterocycles. The van der Waals surface area contributed by atoms with Crippen LogP contribution in [0.15, 0.2) is 47.5 Å². The molecule has 0 aliphatic carbocycles. The van der Waals surface area contributed by atoms with Crippen molar-refractivity contribution in [3.8, 4) is 0 Å². The molecule has 0 saturated carbocycles. The number of rotatable bonds is 4. The number of benzene rings is 1. The summed E-state index contributed by atoms with van der Waals surface area (Å²) in [4.78, 5) is 11.9. The Hall–Kier alpha value is -2.07. The average molecular weight is 445 g/mol. The third kappa shape index (κ3) is 3.71. The van der Waals surface area contributed by atoms with Crippen LogP contribution in [-0.4, -0.2) is 55.5 Å². The summed E-state index contributed by atoms with van der Waals surface area (Å²) >= 11 is 1.73. The van der Waals surface area contributed by atoms with Crippen LogP contribution in [0.2, 0.25) is 0 Å². The molecule has 0 amide bonds. The molecule has 30 heavy (non-hydrogen) atoms. The van der Waals surface area contributed by atoms with Gasteiger partial charge in [0.05, 0.1) is 29.5 Å². The van der Waals surface area contributed by atoms with E-state index in [1.807, 2.05) is 24.3 Å². The second-order valence-electron chi connectivity index (χ2n) is 7.59. The molecule has 2 aromatic heterocycles. The van der Waals surface area contributed by atoms with Gasteiger partial charge < -0.3 is 9.64 Å². The lowest BCUT2D eigenvalue weighted by Gasteiger charge is -2.35. The lowest BCUT2D eigenvalue weighted by Crippen LogP contribution is -2.40. The summed E-state index contributed by atoms with van der Waals surface area (Å²) in [5.41, 5.74) is 1.03. The van der Waals surface area contributed by atoms with Gasteiger partial charge in [-0.15, -0.1) is 11.3 Å². The Kier molecular flexibility index (Phi) is 5.44. The maximum Gasteiger partial charge on any atom is 0.244 e. The molecule has 2 fully saturated rings. The summed E-state index contributed by atoms with van der Waals surface area (Å²) in [6, 6.07) is 11.9. The number of hydrogen-bond donors (Lipinski definition) is 0. The number of para-hydroxylation sites is 1. The fourth-order valence-corrected chi connectivity index (χ4v) is 6.60. The monoisotopic (exact) mass is 444 g/mol. The number of pyridine rings is 1. The second kappa shape index (κ2) is 8.22. The summed E-state index contributed by atoms with van der Waals surface area (Å²) in [5, 5.41) is 1.10. The first kappa shape index (κ1) is 19.9. The van der Waals surface area contributed by atoms with Crippen molar-refractivity contribution in [1.29, 1.82) is 0 Å². The molecule has 158 valence electrons. The Balaban J connectivity index is 1.42. The summed E-state index contributed by atoms with van der Waals surface area (Å²) in [5.74, 6) is 0.805. The zero-order valence-electron chi connectivity index (χ0n) is 16.6. The molecule has 4 heterocycles. The molecule has 0 spiro atoms. The van der Waals surface area contributed by atoms with Crippen molar-refractivity contribution in [3.05, 3.63) is 47.6 Å². The first-order chi connectivity index (χ1) is 14.6. The van der Waals surface area contributed by atoms with Gasteiger partial charge in [-0.3, -0.25) is 0 Å². The number of nitrogens with zero attached hydrogens (tertiary/aromatic N) is 4. The maximum atomic E-state index is 12.9. The average Bonchev–Trinajstić information content (AvgIpc) is 3.24. The van der Waals surface area contributed by atoms with E-state index in [1.165, 1.54) is 15.2 Å². The highest BCUT2D eigenvalue weighted by atomic mass is 32.2. The van der Waals surface area contributed by atoms with Crippen LogP contribution in [0.25, 0.3) is 10.2 Å². The van der Waals surface area contributed by atoms with Crippen molar-refractivity contribution in [2.24, 2.45) is 0 Å². The van der Waals surface area contributed by atoms with E-state index >= 15 is 0 Å². The number of thiazole rings is 1. The van der Waals surface area contributed by atoms with Gasteiger partial charge in [0.25, 0.3) is 0 Å². The van der Waals surface area contributed by atoms with Gasteiger partial charge in [-0.2, -0.15) is 4.31 Å². The number of aromatic nitrogens is 2. The van der Waals surface area contributed by atoms with Crippen LogP contribution in [0.4, 0.5) is 5.82 Å². The highest BCUT2D eigenvalue weighted by Crippen LogP contribution is 2.37. The molecule has 3 aromatic rings. The fraction of sp³-hybridized carbons (Fsp3) is 0.429. The van der Waals surface area contributed by atoms with Gasteiger partial charge >= 0.3 is 0 Å². The normalized spacial score (nSPS) is 21.2. The van der Waals surface area contributed by atoms with Gasteiger partial charge in [0.1, 0.15) is 15.7 Å². The predicted octanol–water partition coefficient (Wildman–Crippen LogP) is 3.44. The van der Waals surface area contributed by atoms with E-state index in [1.54, 1.807) is 17.4 Å². The second-order valence-corrected chi connectivity index (χ2v) is 10.6. The third-order valence-electron chi connectivity index (χ3n) is 5.72. The molecule has 0 bridgehead atoms. The van der Waals surface area contributed by atoms with Gasteiger partial charge in [-0.05, 0) is 43.5 Å². The quantitative estimate of drug-likeness (QED) is 0.614. The number of morpholine rings is 1. The van der Waals surface area contributed by atoms with E-state index in [0.717, 1.165) is 42.1 Å².